The van der Waals surface area contributed by atoms with E-state index in [1.807, 2.05) is 6.07 Å². The standard InChI is InChI=1S/C22H27N3O/c1-15-7-8-20-19(13-15)18-9-10-23-21(22(18)24-20)16-5-4-6-17(14-16)26-12-11-25(2)3/h4-8,13-14,21,23-24H,9-12H2,1-3H3. The predicted molar refractivity (Wildman–Crippen MR) is 107 cm³/mol. The average Bonchev–Trinajstić information content (AvgIpc) is 2.99. The number of fused-ring (bicyclic) bond motifs is 3. The molecule has 0 saturated heterocycles. The molecule has 1 aromatic heterocycles. The quantitative estimate of drug-likeness (QED) is 0.739. The van der Waals surface area contributed by atoms with Gasteiger partial charge in [0.05, 0.1) is 6.04 Å². The summed E-state index contributed by atoms with van der Waals surface area (Å²) in [7, 11) is 4.12. The number of aryl methyl sites for hydroxylation is 1. The first-order valence-electron chi connectivity index (χ1n) is 9.34. The first-order chi connectivity index (χ1) is 12.6. The molecule has 4 heteroatoms. The molecule has 2 aromatic carbocycles. The van der Waals surface area contributed by atoms with E-state index in [-0.39, 0.29) is 6.04 Å². The van der Waals surface area contributed by atoms with Crippen LogP contribution in [0.25, 0.3) is 10.9 Å². The molecular formula is C22H27N3O. The normalized spacial score (nSPS) is 16.8. The molecule has 0 amide bonds. The number of H-pyrrole nitrogens is 1. The minimum absolute atomic E-state index is 0.184. The molecule has 2 heterocycles. The fraction of sp³-hybridized carbons (Fsp3) is 0.364. The van der Waals surface area contributed by atoms with Crippen LogP contribution >= 0.6 is 0 Å². The van der Waals surface area contributed by atoms with Gasteiger partial charge in [0.1, 0.15) is 12.4 Å². The average molecular weight is 349 g/mol. The van der Waals surface area contributed by atoms with Crippen molar-refractivity contribution in [3.05, 3.63) is 64.8 Å². The van der Waals surface area contributed by atoms with Crippen molar-refractivity contribution in [1.29, 1.82) is 0 Å². The van der Waals surface area contributed by atoms with Gasteiger partial charge in [0.15, 0.2) is 0 Å². The van der Waals surface area contributed by atoms with Crippen LogP contribution < -0.4 is 10.1 Å². The van der Waals surface area contributed by atoms with Crippen LogP contribution in [0, 0.1) is 6.92 Å². The lowest BCUT2D eigenvalue weighted by atomic mass is 9.94. The van der Waals surface area contributed by atoms with Crippen LogP contribution in [0.3, 0.4) is 0 Å². The lowest BCUT2D eigenvalue weighted by Crippen LogP contribution is -2.30. The Kier molecular flexibility index (Phi) is 4.70. The lowest BCUT2D eigenvalue weighted by molar-refractivity contribution is 0.261. The minimum Gasteiger partial charge on any atom is -0.492 e. The molecule has 0 fully saturated rings. The summed E-state index contributed by atoms with van der Waals surface area (Å²) in [5.74, 6) is 0.935. The Morgan fingerprint density at radius 1 is 1.15 bits per heavy atom. The predicted octanol–water partition coefficient (Wildman–Crippen LogP) is 3.65. The molecule has 136 valence electrons. The van der Waals surface area contributed by atoms with E-state index < -0.39 is 0 Å². The number of likely N-dealkylation sites (N-methyl/N-ethyl adjacent to an activating group) is 1. The summed E-state index contributed by atoms with van der Waals surface area (Å²) in [6, 6.07) is 15.3. The van der Waals surface area contributed by atoms with Crippen LogP contribution in [0.5, 0.6) is 5.75 Å². The zero-order chi connectivity index (χ0) is 18.1. The van der Waals surface area contributed by atoms with Gasteiger partial charge in [-0.2, -0.15) is 0 Å². The molecule has 0 aliphatic carbocycles. The van der Waals surface area contributed by atoms with Crippen LogP contribution in [0.15, 0.2) is 42.5 Å². The minimum atomic E-state index is 0.184. The van der Waals surface area contributed by atoms with Crippen molar-refractivity contribution in [1.82, 2.24) is 15.2 Å². The molecule has 4 rings (SSSR count). The molecule has 0 spiro atoms. The third-order valence-corrected chi connectivity index (χ3v) is 5.11. The molecule has 1 aliphatic rings. The zero-order valence-electron chi connectivity index (χ0n) is 15.8. The maximum Gasteiger partial charge on any atom is 0.119 e. The number of aromatic amines is 1. The van der Waals surface area contributed by atoms with Crippen molar-refractivity contribution >= 4 is 10.9 Å². The van der Waals surface area contributed by atoms with Gasteiger partial charge < -0.3 is 19.9 Å². The van der Waals surface area contributed by atoms with Gasteiger partial charge in [0, 0.05) is 29.7 Å². The smallest absolute Gasteiger partial charge is 0.119 e. The van der Waals surface area contributed by atoms with Crippen molar-refractivity contribution in [2.24, 2.45) is 0 Å². The molecule has 0 radical (unpaired) electrons. The van der Waals surface area contributed by atoms with Gasteiger partial charge in [-0.25, -0.2) is 0 Å². The van der Waals surface area contributed by atoms with Gasteiger partial charge in [-0.3, -0.25) is 0 Å². The van der Waals surface area contributed by atoms with Crippen LogP contribution in [0.1, 0.15) is 28.4 Å². The van der Waals surface area contributed by atoms with Gasteiger partial charge in [0.25, 0.3) is 0 Å². The molecule has 3 aromatic rings. The number of hydrogen-bond donors (Lipinski definition) is 2. The highest BCUT2D eigenvalue weighted by Gasteiger charge is 2.25. The molecule has 26 heavy (non-hydrogen) atoms. The largest absolute Gasteiger partial charge is 0.492 e. The van der Waals surface area contributed by atoms with E-state index in [1.54, 1.807) is 0 Å². The Labute approximate surface area is 155 Å². The molecule has 0 bridgehead atoms. The number of ether oxygens (including phenoxy) is 1. The van der Waals surface area contributed by atoms with E-state index in [2.05, 4.69) is 72.6 Å². The summed E-state index contributed by atoms with van der Waals surface area (Å²) in [6.07, 6.45) is 1.06. The molecule has 1 atom stereocenters. The zero-order valence-corrected chi connectivity index (χ0v) is 15.8. The van der Waals surface area contributed by atoms with E-state index in [9.17, 15) is 0 Å². The number of nitrogens with zero attached hydrogens (tertiary/aromatic N) is 1. The Hall–Kier alpha value is -2.30. The van der Waals surface area contributed by atoms with Gasteiger partial charge in [-0.1, -0.05) is 23.8 Å². The van der Waals surface area contributed by atoms with Crippen LogP contribution in [-0.2, 0) is 6.42 Å². The second kappa shape index (κ2) is 7.14. The maximum absolute atomic E-state index is 5.93. The highest BCUT2D eigenvalue weighted by molar-refractivity contribution is 5.86. The summed E-state index contributed by atoms with van der Waals surface area (Å²) in [5, 5.41) is 5.04. The Balaban J connectivity index is 1.64. The first kappa shape index (κ1) is 17.1. The van der Waals surface area contributed by atoms with E-state index >= 15 is 0 Å². The van der Waals surface area contributed by atoms with Crippen molar-refractivity contribution in [2.75, 3.05) is 33.8 Å². The number of benzene rings is 2. The maximum atomic E-state index is 5.93. The van der Waals surface area contributed by atoms with E-state index in [0.29, 0.717) is 6.61 Å². The van der Waals surface area contributed by atoms with E-state index in [4.69, 9.17) is 4.74 Å². The molecule has 0 saturated carbocycles. The van der Waals surface area contributed by atoms with Crippen molar-refractivity contribution in [3.63, 3.8) is 0 Å². The summed E-state index contributed by atoms with van der Waals surface area (Å²) in [6.45, 7) is 4.76. The summed E-state index contributed by atoms with van der Waals surface area (Å²) < 4.78 is 5.93. The molecule has 4 nitrogen and oxygen atoms in total. The molecule has 1 aliphatic heterocycles. The number of hydrogen-bond acceptors (Lipinski definition) is 3. The van der Waals surface area contributed by atoms with Crippen molar-refractivity contribution in [2.45, 2.75) is 19.4 Å². The van der Waals surface area contributed by atoms with Gasteiger partial charge >= 0.3 is 0 Å². The number of rotatable bonds is 5. The first-order valence-corrected chi connectivity index (χ1v) is 9.34. The third-order valence-electron chi connectivity index (χ3n) is 5.11. The lowest BCUT2D eigenvalue weighted by Gasteiger charge is -2.25. The Morgan fingerprint density at radius 2 is 2.04 bits per heavy atom. The fourth-order valence-corrected chi connectivity index (χ4v) is 3.76. The summed E-state index contributed by atoms with van der Waals surface area (Å²) in [5.41, 5.74) is 6.53. The molecule has 1 unspecified atom stereocenters. The van der Waals surface area contributed by atoms with Crippen LogP contribution in [-0.4, -0.2) is 43.7 Å². The van der Waals surface area contributed by atoms with Crippen molar-refractivity contribution in [3.8, 4) is 5.75 Å². The molecule has 2 N–H and O–H groups in total. The summed E-state index contributed by atoms with van der Waals surface area (Å²) in [4.78, 5) is 5.79. The van der Waals surface area contributed by atoms with Crippen LogP contribution in [0.4, 0.5) is 0 Å². The highest BCUT2D eigenvalue weighted by Crippen LogP contribution is 2.34. The van der Waals surface area contributed by atoms with E-state index in [1.165, 1.54) is 33.3 Å². The fourth-order valence-electron chi connectivity index (χ4n) is 3.76. The topological polar surface area (TPSA) is 40.3 Å². The number of nitrogens with one attached hydrogen (secondary N) is 2. The van der Waals surface area contributed by atoms with Crippen LogP contribution in [0.2, 0.25) is 0 Å². The van der Waals surface area contributed by atoms with E-state index in [0.717, 1.165) is 25.3 Å². The third kappa shape index (κ3) is 3.35. The Morgan fingerprint density at radius 3 is 2.88 bits per heavy atom. The Bertz CT molecular complexity index is 913. The van der Waals surface area contributed by atoms with Gasteiger partial charge in [-0.05, 0) is 62.8 Å². The highest BCUT2D eigenvalue weighted by atomic mass is 16.5. The molecular weight excluding hydrogens is 322 g/mol. The summed E-state index contributed by atoms with van der Waals surface area (Å²) >= 11 is 0. The van der Waals surface area contributed by atoms with Gasteiger partial charge in [-0.15, -0.1) is 0 Å². The SMILES string of the molecule is Cc1ccc2[nH]c3c(c2c1)CCNC3c1cccc(OCCN(C)C)c1. The second-order valence-corrected chi connectivity index (χ2v) is 7.43. The second-order valence-electron chi connectivity index (χ2n) is 7.43. The van der Waals surface area contributed by atoms with Crippen molar-refractivity contribution < 1.29 is 4.74 Å². The van der Waals surface area contributed by atoms with Gasteiger partial charge in [0.2, 0.25) is 0 Å². The monoisotopic (exact) mass is 349 g/mol. The number of aromatic nitrogens is 1.